The molecule has 0 bridgehead atoms. The Hall–Kier alpha value is -2.23. The monoisotopic (exact) mass is 356 g/mol. The van der Waals surface area contributed by atoms with Gasteiger partial charge in [0, 0.05) is 43.4 Å². The molecule has 2 aromatic heterocycles. The van der Waals surface area contributed by atoms with Gasteiger partial charge in [-0.2, -0.15) is 18.2 Å². The first-order chi connectivity index (χ1) is 11.8. The zero-order valence-electron chi connectivity index (χ0n) is 13.9. The molecule has 10 heteroatoms. The van der Waals surface area contributed by atoms with Crippen molar-refractivity contribution in [2.45, 2.75) is 32.9 Å². The SMILES string of the molecule is Cc1nc2nc(C(F)(F)F)nn2c(C)c1CCC(=O)NCC1CNC1. The molecule has 25 heavy (non-hydrogen) atoms. The van der Waals surface area contributed by atoms with Crippen molar-refractivity contribution < 1.29 is 18.0 Å². The van der Waals surface area contributed by atoms with Gasteiger partial charge in [0.15, 0.2) is 0 Å². The Bertz CT molecular complexity index is 797. The maximum absolute atomic E-state index is 12.8. The molecule has 1 fully saturated rings. The van der Waals surface area contributed by atoms with Crippen molar-refractivity contribution in [3.63, 3.8) is 0 Å². The van der Waals surface area contributed by atoms with E-state index in [1.54, 1.807) is 13.8 Å². The Morgan fingerprint density at radius 2 is 2.04 bits per heavy atom. The summed E-state index contributed by atoms with van der Waals surface area (Å²) in [7, 11) is 0. The lowest BCUT2D eigenvalue weighted by Crippen LogP contribution is -2.48. The molecule has 136 valence electrons. The van der Waals surface area contributed by atoms with Gasteiger partial charge in [-0.1, -0.05) is 0 Å². The topological polar surface area (TPSA) is 84.2 Å². The maximum atomic E-state index is 12.8. The Morgan fingerprint density at radius 3 is 2.64 bits per heavy atom. The number of aryl methyl sites for hydroxylation is 2. The Labute approximate surface area is 142 Å². The fourth-order valence-electron chi connectivity index (χ4n) is 2.77. The van der Waals surface area contributed by atoms with E-state index in [0.717, 1.165) is 17.6 Å². The van der Waals surface area contributed by atoms with Gasteiger partial charge in [-0.3, -0.25) is 4.79 Å². The minimum absolute atomic E-state index is 0.0830. The third-order valence-corrected chi connectivity index (χ3v) is 4.36. The largest absolute Gasteiger partial charge is 0.453 e. The van der Waals surface area contributed by atoms with Crippen LogP contribution in [0.15, 0.2) is 0 Å². The Balaban J connectivity index is 1.73. The van der Waals surface area contributed by atoms with Crippen molar-refractivity contribution in [3.05, 3.63) is 22.8 Å². The summed E-state index contributed by atoms with van der Waals surface area (Å²) in [5.41, 5.74) is 1.79. The number of halogens is 3. The van der Waals surface area contributed by atoms with E-state index < -0.39 is 12.0 Å². The molecule has 0 aromatic carbocycles. The summed E-state index contributed by atoms with van der Waals surface area (Å²) in [4.78, 5) is 19.5. The van der Waals surface area contributed by atoms with Crippen LogP contribution in [-0.4, -0.2) is 45.1 Å². The molecule has 0 spiro atoms. The van der Waals surface area contributed by atoms with E-state index in [0.29, 0.717) is 35.8 Å². The smallest absolute Gasteiger partial charge is 0.356 e. The molecule has 3 rings (SSSR count). The van der Waals surface area contributed by atoms with E-state index in [1.165, 1.54) is 0 Å². The molecule has 0 aliphatic carbocycles. The first kappa shape index (κ1) is 17.6. The van der Waals surface area contributed by atoms with Gasteiger partial charge in [0.2, 0.25) is 5.91 Å². The van der Waals surface area contributed by atoms with E-state index >= 15 is 0 Å². The molecule has 0 radical (unpaired) electrons. The Morgan fingerprint density at radius 1 is 1.32 bits per heavy atom. The lowest BCUT2D eigenvalue weighted by atomic mass is 10.0. The number of amides is 1. The molecule has 7 nitrogen and oxygen atoms in total. The van der Waals surface area contributed by atoms with Crippen LogP contribution in [0, 0.1) is 19.8 Å². The molecule has 0 saturated carbocycles. The zero-order chi connectivity index (χ0) is 18.2. The number of hydrogen-bond acceptors (Lipinski definition) is 5. The third-order valence-electron chi connectivity index (χ3n) is 4.36. The fourth-order valence-corrected chi connectivity index (χ4v) is 2.77. The highest BCUT2D eigenvalue weighted by Gasteiger charge is 2.36. The maximum Gasteiger partial charge on any atom is 0.453 e. The molecule has 0 unspecified atom stereocenters. The van der Waals surface area contributed by atoms with Crippen LogP contribution in [0.4, 0.5) is 13.2 Å². The number of nitrogens with zero attached hydrogens (tertiary/aromatic N) is 4. The quantitative estimate of drug-likeness (QED) is 0.836. The lowest BCUT2D eigenvalue weighted by Gasteiger charge is -2.27. The van der Waals surface area contributed by atoms with Crippen molar-refractivity contribution in [1.82, 2.24) is 30.2 Å². The summed E-state index contributed by atoms with van der Waals surface area (Å²) in [6.07, 6.45) is -3.99. The molecule has 1 saturated heterocycles. The molecular formula is C15H19F3N6O. The van der Waals surface area contributed by atoms with Crippen molar-refractivity contribution in [3.8, 4) is 0 Å². The van der Waals surface area contributed by atoms with Gasteiger partial charge in [0.1, 0.15) is 0 Å². The van der Waals surface area contributed by atoms with E-state index in [-0.39, 0.29) is 18.1 Å². The van der Waals surface area contributed by atoms with Gasteiger partial charge in [0.25, 0.3) is 11.6 Å². The van der Waals surface area contributed by atoms with Gasteiger partial charge in [-0.25, -0.2) is 9.50 Å². The predicted octanol–water partition coefficient (Wildman–Crippen LogP) is 1.03. The number of aromatic nitrogens is 4. The number of carbonyl (C=O) groups is 1. The normalized spacial score (nSPS) is 15.4. The summed E-state index contributed by atoms with van der Waals surface area (Å²) in [5.74, 6) is -0.916. The summed E-state index contributed by atoms with van der Waals surface area (Å²) in [6, 6.07) is 0. The number of carbonyl (C=O) groups excluding carboxylic acids is 1. The second-order valence-corrected chi connectivity index (χ2v) is 6.23. The van der Waals surface area contributed by atoms with Crippen molar-refractivity contribution in [2.24, 2.45) is 5.92 Å². The summed E-state index contributed by atoms with van der Waals surface area (Å²) < 4.78 is 39.4. The van der Waals surface area contributed by atoms with E-state index in [9.17, 15) is 18.0 Å². The van der Waals surface area contributed by atoms with Crippen molar-refractivity contribution in [2.75, 3.05) is 19.6 Å². The molecule has 1 aliphatic rings. The van der Waals surface area contributed by atoms with Crippen molar-refractivity contribution in [1.29, 1.82) is 0 Å². The zero-order valence-corrected chi connectivity index (χ0v) is 13.9. The van der Waals surface area contributed by atoms with Crippen molar-refractivity contribution >= 4 is 11.7 Å². The van der Waals surface area contributed by atoms with Crippen LogP contribution in [0.25, 0.3) is 5.78 Å². The average molecular weight is 356 g/mol. The number of hydrogen-bond donors (Lipinski definition) is 2. The predicted molar refractivity (Wildman–Crippen MR) is 82.9 cm³/mol. The summed E-state index contributed by atoms with van der Waals surface area (Å²) >= 11 is 0. The van der Waals surface area contributed by atoms with E-state index in [2.05, 4.69) is 25.7 Å². The van der Waals surface area contributed by atoms with E-state index in [1.807, 2.05) is 0 Å². The summed E-state index contributed by atoms with van der Waals surface area (Å²) in [6.45, 7) is 5.81. The number of rotatable bonds is 5. The van der Waals surface area contributed by atoms with Gasteiger partial charge < -0.3 is 10.6 Å². The average Bonchev–Trinajstić information content (AvgIpc) is 2.89. The van der Waals surface area contributed by atoms with Crippen LogP contribution in [0.3, 0.4) is 0 Å². The van der Waals surface area contributed by atoms with Crippen LogP contribution in [0.1, 0.15) is 29.2 Å². The standard InChI is InChI=1S/C15H19F3N6O/c1-8-11(3-4-12(25)20-7-10-5-19-6-10)9(2)24-14(21-8)22-13(23-24)15(16,17)18/h10,19H,3-7H2,1-2H3,(H,20,25). The number of nitrogens with one attached hydrogen (secondary N) is 2. The highest BCUT2D eigenvalue weighted by molar-refractivity contribution is 5.76. The second kappa shape index (κ2) is 6.58. The van der Waals surface area contributed by atoms with Gasteiger partial charge in [0.05, 0.1) is 0 Å². The highest BCUT2D eigenvalue weighted by atomic mass is 19.4. The number of alkyl halides is 3. The van der Waals surface area contributed by atoms with Crippen LogP contribution in [0.2, 0.25) is 0 Å². The second-order valence-electron chi connectivity index (χ2n) is 6.23. The fraction of sp³-hybridized carbons (Fsp3) is 0.600. The molecular weight excluding hydrogens is 337 g/mol. The molecule has 1 aliphatic heterocycles. The summed E-state index contributed by atoms with van der Waals surface area (Å²) in [5, 5.41) is 9.51. The minimum Gasteiger partial charge on any atom is -0.356 e. The molecule has 2 N–H and O–H groups in total. The van der Waals surface area contributed by atoms with Gasteiger partial charge in [-0.05, 0) is 25.8 Å². The lowest BCUT2D eigenvalue weighted by molar-refractivity contribution is -0.144. The first-order valence-electron chi connectivity index (χ1n) is 8.03. The molecule has 0 atom stereocenters. The first-order valence-corrected chi connectivity index (χ1v) is 8.03. The Kier molecular flexibility index (Phi) is 4.63. The minimum atomic E-state index is -4.62. The van der Waals surface area contributed by atoms with Crippen LogP contribution < -0.4 is 10.6 Å². The molecule has 3 heterocycles. The van der Waals surface area contributed by atoms with Crippen LogP contribution >= 0.6 is 0 Å². The van der Waals surface area contributed by atoms with E-state index in [4.69, 9.17) is 0 Å². The molecule has 2 aromatic rings. The third kappa shape index (κ3) is 3.73. The van der Waals surface area contributed by atoms with Crippen LogP contribution in [-0.2, 0) is 17.4 Å². The highest BCUT2D eigenvalue weighted by Crippen LogP contribution is 2.27. The van der Waals surface area contributed by atoms with Crippen LogP contribution in [0.5, 0.6) is 0 Å². The van der Waals surface area contributed by atoms with Gasteiger partial charge >= 0.3 is 6.18 Å². The molecule has 1 amide bonds. The van der Waals surface area contributed by atoms with Gasteiger partial charge in [-0.15, -0.1) is 5.10 Å². The number of fused-ring (bicyclic) bond motifs is 1.